The minimum Gasteiger partial charge on any atom is -0.336 e. The van der Waals surface area contributed by atoms with Crippen LogP contribution in [0.25, 0.3) is 11.4 Å². The Kier molecular flexibility index (Phi) is 6.11. The Morgan fingerprint density at radius 2 is 1.41 bits per heavy atom. The molecular formula is C23H22N4O4S. The first-order valence-electron chi connectivity index (χ1n) is 10.1. The molecule has 1 aromatic heterocycles. The number of carbonyl (C=O) groups excluding carboxylic acids is 2. The van der Waals surface area contributed by atoms with E-state index in [1.807, 2.05) is 30.3 Å². The summed E-state index contributed by atoms with van der Waals surface area (Å²) >= 11 is 0. The summed E-state index contributed by atoms with van der Waals surface area (Å²) in [4.78, 5) is 34.5. The predicted molar refractivity (Wildman–Crippen MR) is 119 cm³/mol. The zero-order valence-electron chi connectivity index (χ0n) is 17.5. The van der Waals surface area contributed by atoms with Crippen LogP contribution in [0.3, 0.4) is 0 Å². The maximum absolute atomic E-state index is 12.9. The highest BCUT2D eigenvalue weighted by molar-refractivity contribution is 7.89. The summed E-state index contributed by atoms with van der Waals surface area (Å²) in [6.45, 7) is 2.34. The molecule has 0 N–H and O–H groups in total. The fourth-order valence-corrected chi connectivity index (χ4v) is 4.92. The first-order valence-corrected chi connectivity index (χ1v) is 11.6. The lowest BCUT2D eigenvalue weighted by molar-refractivity contribution is 0.0697. The number of aromatic nitrogens is 2. The fraction of sp³-hybridized carbons (Fsp3) is 0.217. The Balaban J connectivity index is 1.40. The van der Waals surface area contributed by atoms with E-state index in [1.54, 1.807) is 4.90 Å². The van der Waals surface area contributed by atoms with Gasteiger partial charge in [-0.2, -0.15) is 4.31 Å². The van der Waals surface area contributed by atoms with Crippen LogP contribution < -0.4 is 0 Å². The molecule has 1 saturated heterocycles. The van der Waals surface area contributed by atoms with Crippen LogP contribution in [0.15, 0.2) is 71.9 Å². The highest BCUT2D eigenvalue weighted by Gasteiger charge is 2.30. The van der Waals surface area contributed by atoms with Gasteiger partial charge in [-0.15, -0.1) is 0 Å². The topological polar surface area (TPSA) is 101 Å². The molecule has 0 spiro atoms. The molecule has 8 nitrogen and oxygen atoms in total. The van der Waals surface area contributed by atoms with Gasteiger partial charge >= 0.3 is 0 Å². The maximum atomic E-state index is 12.9. The summed E-state index contributed by atoms with van der Waals surface area (Å²) in [5, 5.41) is 0. The van der Waals surface area contributed by atoms with Gasteiger partial charge in [-0.05, 0) is 19.1 Å². The number of Topliss-reactive ketones (excluding diaryl/α,β-unsaturated/α-hetero) is 1. The number of benzene rings is 2. The van der Waals surface area contributed by atoms with E-state index in [9.17, 15) is 18.0 Å². The Labute approximate surface area is 186 Å². The number of carbonyl (C=O) groups is 2. The van der Waals surface area contributed by atoms with Crippen LogP contribution in [0, 0.1) is 0 Å². The molecule has 0 bridgehead atoms. The molecule has 1 aliphatic rings. The molecule has 1 amide bonds. The normalized spacial score (nSPS) is 14.8. The van der Waals surface area contributed by atoms with Crippen molar-refractivity contribution in [1.82, 2.24) is 19.2 Å². The van der Waals surface area contributed by atoms with E-state index >= 15 is 0 Å². The smallest absolute Gasteiger partial charge is 0.257 e. The number of nitrogens with zero attached hydrogens (tertiary/aromatic N) is 4. The third-order valence-electron chi connectivity index (χ3n) is 5.36. The lowest BCUT2D eigenvalue weighted by Gasteiger charge is -2.34. The first kappa shape index (κ1) is 21.8. The van der Waals surface area contributed by atoms with Gasteiger partial charge in [0.1, 0.15) is 0 Å². The van der Waals surface area contributed by atoms with E-state index in [2.05, 4.69) is 9.97 Å². The number of piperazine rings is 1. The van der Waals surface area contributed by atoms with Gasteiger partial charge in [-0.25, -0.2) is 18.4 Å². The van der Waals surface area contributed by atoms with Crippen molar-refractivity contribution >= 4 is 21.7 Å². The van der Waals surface area contributed by atoms with Gasteiger partial charge in [0.15, 0.2) is 11.6 Å². The molecule has 3 aromatic rings. The van der Waals surface area contributed by atoms with Crippen molar-refractivity contribution < 1.29 is 18.0 Å². The molecule has 2 aromatic carbocycles. The zero-order chi connectivity index (χ0) is 22.7. The van der Waals surface area contributed by atoms with Crippen LogP contribution in [-0.2, 0) is 10.0 Å². The lowest BCUT2D eigenvalue weighted by Crippen LogP contribution is -2.50. The number of amides is 1. The Bertz CT molecular complexity index is 1220. The Morgan fingerprint density at radius 3 is 1.97 bits per heavy atom. The van der Waals surface area contributed by atoms with Crippen LogP contribution in [0.1, 0.15) is 27.6 Å². The first-order chi connectivity index (χ1) is 15.4. The van der Waals surface area contributed by atoms with E-state index in [0.29, 0.717) is 17.0 Å². The molecule has 9 heteroatoms. The number of hydrogen-bond acceptors (Lipinski definition) is 6. The molecule has 0 atom stereocenters. The van der Waals surface area contributed by atoms with Gasteiger partial charge in [0.25, 0.3) is 5.91 Å². The van der Waals surface area contributed by atoms with Crippen LogP contribution in [-0.4, -0.2) is 65.5 Å². The van der Waals surface area contributed by atoms with Crippen LogP contribution in [0.2, 0.25) is 0 Å². The zero-order valence-corrected chi connectivity index (χ0v) is 18.3. The Morgan fingerprint density at radius 1 is 0.812 bits per heavy atom. The lowest BCUT2D eigenvalue weighted by atomic mass is 10.2. The average molecular weight is 451 g/mol. The molecule has 2 heterocycles. The van der Waals surface area contributed by atoms with Crippen molar-refractivity contribution in [2.75, 3.05) is 26.2 Å². The third kappa shape index (κ3) is 4.44. The van der Waals surface area contributed by atoms with Crippen molar-refractivity contribution in [3.63, 3.8) is 0 Å². The standard InChI is InChI=1S/C23H22N4O4S/c1-17(28)18-7-9-21(10-8-18)32(30,31)27-13-11-26(12-14-27)23(29)20-15-24-22(25-16-20)19-5-3-2-4-6-19/h2-10,15-16H,11-14H2,1H3. The molecule has 164 valence electrons. The summed E-state index contributed by atoms with van der Waals surface area (Å²) in [6.07, 6.45) is 2.99. The van der Waals surface area contributed by atoms with Crippen molar-refractivity contribution in [2.24, 2.45) is 0 Å². The molecule has 0 aliphatic carbocycles. The highest BCUT2D eigenvalue weighted by atomic mass is 32.2. The molecule has 4 rings (SSSR count). The largest absolute Gasteiger partial charge is 0.336 e. The summed E-state index contributed by atoms with van der Waals surface area (Å²) in [5.74, 6) is 0.184. The second kappa shape index (κ2) is 8.97. The highest BCUT2D eigenvalue weighted by Crippen LogP contribution is 2.20. The summed E-state index contributed by atoms with van der Waals surface area (Å²) in [7, 11) is -3.70. The van der Waals surface area contributed by atoms with E-state index in [1.165, 1.54) is 47.9 Å². The van der Waals surface area contributed by atoms with Gasteiger partial charge in [0, 0.05) is 49.7 Å². The van der Waals surface area contributed by atoms with Gasteiger partial charge in [-0.1, -0.05) is 42.5 Å². The maximum Gasteiger partial charge on any atom is 0.257 e. The van der Waals surface area contributed by atoms with Gasteiger partial charge in [-0.3, -0.25) is 9.59 Å². The third-order valence-corrected chi connectivity index (χ3v) is 7.27. The van der Waals surface area contributed by atoms with Gasteiger partial charge in [0.05, 0.1) is 10.5 Å². The van der Waals surface area contributed by atoms with E-state index < -0.39 is 10.0 Å². The minimum atomic E-state index is -3.70. The van der Waals surface area contributed by atoms with E-state index in [0.717, 1.165) is 5.56 Å². The molecule has 0 saturated carbocycles. The van der Waals surface area contributed by atoms with Crippen molar-refractivity contribution in [3.8, 4) is 11.4 Å². The molecule has 0 radical (unpaired) electrons. The number of sulfonamides is 1. The Hall–Kier alpha value is -3.43. The number of hydrogen-bond donors (Lipinski definition) is 0. The SMILES string of the molecule is CC(=O)c1ccc(S(=O)(=O)N2CCN(C(=O)c3cnc(-c4ccccc4)nc3)CC2)cc1. The van der Waals surface area contributed by atoms with E-state index in [-0.39, 0.29) is 42.8 Å². The molecule has 1 fully saturated rings. The molecule has 1 aliphatic heterocycles. The van der Waals surface area contributed by atoms with E-state index in [4.69, 9.17) is 0 Å². The molecule has 0 unspecified atom stereocenters. The quantitative estimate of drug-likeness (QED) is 0.554. The van der Waals surface area contributed by atoms with Crippen LogP contribution in [0.4, 0.5) is 0 Å². The van der Waals surface area contributed by atoms with Crippen molar-refractivity contribution in [3.05, 3.63) is 78.1 Å². The second-order valence-electron chi connectivity index (χ2n) is 7.44. The van der Waals surface area contributed by atoms with Crippen LogP contribution in [0.5, 0.6) is 0 Å². The number of rotatable bonds is 5. The van der Waals surface area contributed by atoms with Crippen molar-refractivity contribution in [2.45, 2.75) is 11.8 Å². The predicted octanol–water partition coefficient (Wildman–Crippen LogP) is 2.49. The van der Waals surface area contributed by atoms with Gasteiger partial charge in [0.2, 0.25) is 10.0 Å². The molecular weight excluding hydrogens is 428 g/mol. The number of ketones is 1. The fourth-order valence-electron chi connectivity index (χ4n) is 3.50. The van der Waals surface area contributed by atoms with Crippen molar-refractivity contribution in [1.29, 1.82) is 0 Å². The summed E-state index contributed by atoms with van der Waals surface area (Å²) in [5.41, 5.74) is 1.68. The van der Waals surface area contributed by atoms with Crippen LogP contribution >= 0.6 is 0 Å². The summed E-state index contributed by atoms with van der Waals surface area (Å²) < 4.78 is 27.2. The summed E-state index contributed by atoms with van der Waals surface area (Å²) in [6, 6.07) is 15.4. The minimum absolute atomic E-state index is 0.123. The van der Waals surface area contributed by atoms with Gasteiger partial charge < -0.3 is 4.90 Å². The monoisotopic (exact) mass is 450 g/mol. The molecule has 32 heavy (non-hydrogen) atoms. The second-order valence-corrected chi connectivity index (χ2v) is 9.38. The average Bonchev–Trinajstić information content (AvgIpc) is 2.84.